The van der Waals surface area contributed by atoms with E-state index in [2.05, 4.69) is 5.10 Å². The van der Waals surface area contributed by atoms with Crippen molar-refractivity contribution in [1.29, 1.82) is 0 Å². The molecule has 1 unspecified atom stereocenters. The van der Waals surface area contributed by atoms with Gasteiger partial charge in [0.1, 0.15) is 5.60 Å². The first kappa shape index (κ1) is 12.5. The van der Waals surface area contributed by atoms with E-state index < -0.39 is 5.60 Å². The zero-order chi connectivity index (χ0) is 13.2. The van der Waals surface area contributed by atoms with Crippen LogP contribution in [0.25, 0.3) is 0 Å². The van der Waals surface area contributed by atoms with Crippen LogP contribution in [-0.2, 0) is 12.1 Å². The van der Waals surface area contributed by atoms with E-state index in [1.165, 1.54) is 13.1 Å². The second-order valence-corrected chi connectivity index (χ2v) is 4.62. The lowest BCUT2D eigenvalue weighted by atomic mass is 9.96. The second-order valence-electron chi connectivity index (χ2n) is 4.62. The van der Waals surface area contributed by atoms with Gasteiger partial charge in [-0.05, 0) is 19.4 Å². The van der Waals surface area contributed by atoms with Crippen molar-refractivity contribution in [1.82, 2.24) is 9.78 Å². The van der Waals surface area contributed by atoms with Gasteiger partial charge in [0.2, 0.25) is 0 Å². The summed E-state index contributed by atoms with van der Waals surface area (Å²) in [5.74, 6) is -0.0272. The number of aromatic nitrogens is 2. The third-order valence-electron chi connectivity index (χ3n) is 2.91. The monoisotopic (exact) mass is 244 g/mol. The van der Waals surface area contributed by atoms with E-state index in [1.54, 1.807) is 17.8 Å². The first-order valence-electron chi connectivity index (χ1n) is 5.80. The summed E-state index contributed by atoms with van der Waals surface area (Å²) in [6, 6.07) is 9.41. The van der Waals surface area contributed by atoms with Crippen LogP contribution in [0.1, 0.15) is 29.8 Å². The molecule has 1 heterocycles. The van der Waals surface area contributed by atoms with Crippen LogP contribution in [0.4, 0.5) is 0 Å². The van der Waals surface area contributed by atoms with Crippen molar-refractivity contribution in [3.8, 4) is 0 Å². The highest BCUT2D eigenvalue weighted by atomic mass is 16.3. The molecule has 0 saturated carbocycles. The molecule has 1 N–H and O–H groups in total. The summed E-state index contributed by atoms with van der Waals surface area (Å²) in [4.78, 5) is 11.2. The van der Waals surface area contributed by atoms with Crippen molar-refractivity contribution in [2.75, 3.05) is 0 Å². The lowest BCUT2D eigenvalue weighted by Gasteiger charge is -2.23. The van der Waals surface area contributed by atoms with Gasteiger partial charge >= 0.3 is 0 Å². The Morgan fingerprint density at radius 1 is 1.39 bits per heavy atom. The van der Waals surface area contributed by atoms with Gasteiger partial charge in [-0.1, -0.05) is 30.3 Å². The van der Waals surface area contributed by atoms with Crippen LogP contribution >= 0.6 is 0 Å². The number of nitrogens with zero attached hydrogens (tertiary/aromatic N) is 2. The van der Waals surface area contributed by atoms with E-state index in [9.17, 15) is 9.90 Å². The predicted molar refractivity (Wildman–Crippen MR) is 68.2 cm³/mol. The number of carbonyl (C=O) groups excluding carboxylic acids is 1. The molecule has 0 aliphatic rings. The van der Waals surface area contributed by atoms with E-state index in [1.807, 2.05) is 30.3 Å². The van der Waals surface area contributed by atoms with E-state index in [4.69, 9.17) is 0 Å². The van der Waals surface area contributed by atoms with Crippen molar-refractivity contribution in [3.63, 3.8) is 0 Å². The number of Topliss-reactive ketones (excluding diaryl/α,β-unsaturated/α-hetero) is 1. The third kappa shape index (κ3) is 2.65. The Bertz CT molecular complexity index is 544. The quantitative estimate of drug-likeness (QED) is 0.837. The molecule has 1 aromatic carbocycles. The molecule has 2 aromatic rings. The first-order valence-corrected chi connectivity index (χ1v) is 5.80. The SMILES string of the molecule is CC(=O)c1cnn(CC(C)(O)c2ccccc2)c1. The highest BCUT2D eigenvalue weighted by Gasteiger charge is 2.24. The van der Waals surface area contributed by atoms with Gasteiger partial charge in [-0.3, -0.25) is 9.48 Å². The number of benzene rings is 1. The van der Waals surface area contributed by atoms with Gasteiger partial charge in [0.15, 0.2) is 5.78 Å². The minimum atomic E-state index is -1.01. The molecule has 0 fully saturated rings. The summed E-state index contributed by atoms with van der Waals surface area (Å²) in [6.45, 7) is 3.54. The lowest BCUT2D eigenvalue weighted by molar-refractivity contribution is 0.0346. The van der Waals surface area contributed by atoms with Gasteiger partial charge in [-0.15, -0.1) is 0 Å². The maximum absolute atomic E-state index is 11.2. The molecule has 18 heavy (non-hydrogen) atoms. The van der Waals surface area contributed by atoms with Crippen molar-refractivity contribution < 1.29 is 9.90 Å². The van der Waals surface area contributed by atoms with Crippen molar-refractivity contribution in [2.24, 2.45) is 0 Å². The fraction of sp³-hybridized carbons (Fsp3) is 0.286. The van der Waals surface area contributed by atoms with Gasteiger partial charge in [0, 0.05) is 6.20 Å². The van der Waals surface area contributed by atoms with E-state index in [-0.39, 0.29) is 5.78 Å². The number of hydrogen-bond donors (Lipinski definition) is 1. The zero-order valence-corrected chi connectivity index (χ0v) is 10.5. The van der Waals surface area contributed by atoms with Crippen LogP contribution in [0.5, 0.6) is 0 Å². The number of carbonyl (C=O) groups is 1. The summed E-state index contributed by atoms with van der Waals surface area (Å²) >= 11 is 0. The summed E-state index contributed by atoms with van der Waals surface area (Å²) in [6.07, 6.45) is 3.17. The molecule has 0 spiro atoms. The van der Waals surface area contributed by atoms with Crippen LogP contribution in [0, 0.1) is 0 Å². The number of rotatable bonds is 4. The number of hydrogen-bond acceptors (Lipinski definition) is 3. The summed E-state index contributed by atoms with van der Waals surface area (Å²) in [5.41, 5.74) is 0.366. The smallest absolute Gasteiger partial charge is 0.162 e. The highest BCUT2D eigenvalue weighted by molar-refractivity contribution is 5.93. The van der Waals surface area contributed by atoms with Crippen LogP contribution < -0.4 is 0 Å². The Morgan fingerprint density at radius 3 is 2.61 bits per heavy atom. The van der Waals surface area contributed by atoms with Crippen LogP contribution in [0.3, 0.4) is 0 Å². The topological polar surface area (TPSA) is 55.1 Å². The molecule has 94 valence electrons. The molecule has 0 radical (unpaired) electrons. The molecule has 4 nitrogen and oxygen atoms in total. The van der Waals surface area contributed by atoms with E-state index in [0.717, 1.165) is 5.56 Å². The molecule has 1 aromatic heterocycles. The summed E-state index contributed by atoms with van der Waals surface area (Å²) in [7, 11) is 0. The standard InChI is InChI=1S/C14H16N2O2/c1-11(17)12-8-15-16(9-12)10-14(2,18)13-6-4-3-5-7-13/h3-9,18H,10H2,1-2H3. The Labute approximate surface area is 106 Å². The van der Waals surface area contributed by atoms with E-state index >= 15 is 0 Å². The Balaban J connectivity index is 2.19. The van der Waals surface area contributed by atoms with Gasteiger partial charge in [-0.25, -0.2) is 0 Å². The Morgan fingerprint density at radius 2 is 2.06 bits per heavy atom. The molecular weight excluding hydrogens is 228 g/mol. The second kappa shape index (κ2) is 4.74. The minimum Gasteiger partial charge on any atom is -0.384 e. The summed E-state index contributed by atoms with van der Waals surface area (Å²) in [5, 5.41) is 14.5. The molecule has 0 saturated heterocycles. The van der Waals surface area contributed by atoms with Gasteiger partial charge < -0.3 is 5.11 Å². The minimum absolute atomic E-state index is 0.0272. The zero-order valence-electron chi connectivity index (χ0n) is 10.5. The van der Waals surface area contributed by atoms with Crippen LogP contribution in [-0.4, -0.2) is 20.7 Å². The molecular formula is C14H16N2O2. The summed E-state index contributed by atoms with van der Waals surface area (Å²) < 4.78 is 1.59. The third-order valence-corrected chi connectivity index (χ3v) is 2.91. The van der Waals surface area contributed by atoms with Crippen LogP contribution in [0.15, 0.2) is 42.7 Å². The number of ketones is 1. The van der Waals surface area contributed by atoms with Gasteiger partial charge in [-0.2, -0.15) is 5.10 Å². The maximum Gasteiger partial charge on any atom is 0.162 e. The molecule has 4 heteroatoms. The van der Waals surface area contributed by atoms with Crippen LogP contribution in [0.2, 0.25) is 0 Å². The first-order chi connectivity index (χ1) is 8.49. The van der Waals surface area contributed by atoms with Gasteiger partial charge in [0.05, 0.1) is 18.3 Å². The van der Waals surface area contributed by atoms with E-state index in [0.29, 0.717) is 12.1 Å². The molecule has 1 atom stereocenters. The highest BCUT2D eigenvalue weighted by Crippen LogP contribution is 2.22. The largest absolute Gasteiger partial charge is 0.384 e. The lowest BCUT2D eigenvalue weighted by Crippen LogP contribution is -2.27. The molecule has 0 aliphatic carbocycles. The normalized spacial score (nSPS) is 14.2. The molecule has 0 bridgehead atoms. The average Bonchev–Trinajstić information content (AvgIpc) is 2.78. The molecule has 0 amide bonds. The van der Waals surface area contributed by atoms with Crippen molar-refractivity contribution in [3.05, 3.63) is 53.9 Å². The maximum atomic E-state index is 11.2. The molecule has 2 rings (SSSR count). The Hall–Kier alpha value is -1.94. The predicted octanol–water partition coefficient (Wildman–Crippen LogP) is 1.99. The fourth-order valence-electron chi connectivity index (χ4n) is 1.84. The van der Waals surface area contributed by atoms with Crippen molar-refractivity contribution in [2.45, 2.75) is 26.0 Å². The Kier molecular flexibility index (Phi) is 3.30. The van der Waals surface area contributed by atoms with Gasteiger partial charge in [0.25, 0.3) is 0 Å². The van der Waals surface area contributed by atoms with Crippen molar-refractivity contribution >= 4 is 5.78 Å². The fourth-order valence-corrected chi connectivity index (χ4v) is 1.84. The average molecular weight is 244 g/mol. The molecule has 0 aliphatic heterocycles. The number of aliphatic hydroxyl groups is 1.